The molecule has 18 heavy (non-hydrogen) atoms. The van der Waals surface area contributed by atoms with E-state index in [2.05, 4.69) is 10.3 Å². The van der Waals surface area contributed by atoms with Crippen LogP contribution in [0.4, 0.5) is 4.39 Å². The zero-order valence-corrected chi connectivity index (χ0v) is 10.5. The van der Waals surface area contributed by atoms with Gasteiger partial charge in [-0.2, -0.15) is 16.2 Å². The van der Waals surface area contributed by atoms with Gasteiger partial charge >= 0.3 is 5.97 Å². The summed E-state index contributed by atoms with van der Waals surface area (Å²) >= 11 is 1.47. The Morgan fingerprint density at radius 2 is 2.33 bits per heavy atom. The highest BCUT2D eigenvalue weighted by atomic mass is 32.2. The van der Waals surface area contributed by atoms with Crippen molar-refractivity contribution in [1.29, 1.82) is 0 Å². The van der Waals surface area contributed by atoms with E-state index in [1.807, 2.05) is 6.26 Å². The molecule has 0 aliphatic heterocycles. The Labute approximate surface area is 108 Å². The second-order valence-corrected chi connectivity index (χ2v) is 4.47. The number of hydrogen-bond acceptors (Lipinski definition) is 4. The largest absolute Gasteiger partial charge is 0.480 e. The van der Waals surface area contributed by atoms with Crippen LogP contribution in [0.2, 0.25) is 0 Å². The lowest BCUT2D eigenvalue weighted by molar-refractivity contribution is -0.139. The summed E-state index contributed by atoms with van der Waals surface area (Å²) in [4.78, 5) is 25.9. The quantitative estimate of drug-likeness (QED) is 0.760. The Hall–Kier alpha value is -1.63. The number of rotatable bonds is 6. The van der Waals surface area contributed by atoms with Gasteiger partial charge in [0, 0.05) is 6.20 Å². The summed E-state index contributed by atoms with van der Waals surface area (Å²) < 4.78 is 13.2. The summed E-state index contributed by atoms with van der Waals surface area (Å²) in [6.07, 6.45) is 3.33. The van der Waals surface area contributed by atoms with Crippen molar-refractivity contribution >= 4 is 23.6 Å². The summed E-state index contributed by atoms with van der Waals surface area (Å²) in [6, 6.07) is 1.64. The number of aliphatic carboxylic acids is 1. The molecule has 0 fully saturated rings. The lowest BCUT2D eigenvalue weighted by Gasteiger charge is -2.13. The van der Waals surface area contributed by atoms with Crippen LogP contribution in [0, 0.1) is 5.95 Å². The molecule has 1 amide bonds. The van der Waals surface area contributed by atoms with Crippen molar-refractivity contribution in [3.05, 3.63) is 29.8 Å². The molecule has 1 aromatic heterocycles. The average Bonchev–Trinajstić information content (AvgIpc) is 2.34. The standard InChI is InChI=1S/C11H13FN2O3S/c1-18-6-4-8(11(16)17)14-10(15)7-3-2-5-13-9(7)12/h2-3,5,8H,4,6H2,1H3,(H,14,15)(H,16,17)/t8-/m1/s1. The summed E-state index contributed by atoms with van der Waals surface area (Å²) in [6.45, 7) is 0. The molecule has 0 radical (unpaired) electrons. The number of nitrogens with one attached hydrogen (secondary N) is 1. The first-order chi connectivity index (χ1) is 8.56. The van der Waals surface area contributed by atoms with Crippen LogP contribution in [0.5, 0.6) is 0 Å². The van der Waals surface area contributed by atoms with E-state index in [1.165, 1.54) is 30.1 Å². The molecule has 0 saturated carbocycles. The van der Waals surface area contributed by atoms with Crippen LogP contribution in [-0.2, 0) is 4.79 Å². The van der Waals surface area contributed by atoms with Gasteiger partial charge in [0.15, 0.2) is 0 Å². The summed E-state index contributed by atoms with van der Waals surface area (Å²) in [5.41, 5.74) is -0.257. The Bertz CT molecular complexity index is 442. The van der Waals surface area contributed by atoms with Crippen molar-refractivity contribution in [2.45, 2.75) is 12.5 Å². The third kappa shape index (κ3) is 3.99. The lowest BCUT2D eigenvalue weighted by Crippen LogP contribution is -2.41. The number of carboxylic acids is 1. The fraction of sp³-hybridized carbons (Fsp3) is 0.364. The second-order valence-electron chi connectivity index (χ2n) is 3.49. The number of thioether (sulfide) groups is 1. The first-order valence-corrected chi connectivity index (χ1v) is 6.58. The summed E-state index contributed by atoms with van der Waals surface area (Å²) in [5, 5.41) is 11.2. The maximum absolute atomic E-state index is 13.2. The molecule has 5 nitrogen and oxygen atoms in total. The van der Waals surface area contributed by atoms with E-state index >= 15 is 0 Å². The fourth-order valence-corrected chi connectivity index (χ4v) is 1.76. The van der Waals surface area contributed by atoms with E-state index in [0.29, 0.717) is 5.75 Å². The number of pyridine rings is 1. The van der Waals surface area contributed by atoms with Crippen LogP contribution in [0.3, 0.4) is 0 Å². The van der Waals surface area contributed by atoms with Gasteiger partial charge in [0.05, 0.1) is 5.56 Å². The molecule has 0 aliphatic rings. The van der Waals surface area contributed by atoms with Crippen molar-refractivity contribution in [3.8, 4) is 0 Å². The van der Waals surface area contributed by atoms with Gasteiger partial charge in [-0.1, -0.05) is 0 Å². The Morgan fingerprint density at radius 1 is 1.61 bits per heavy atom. The zero-order chi connectivity index (χ0) is 13.5. The minimum atomic E-state index is -1.14. The molecule has 1 heterocycles. The van der Waals surface area contributed by atoms with Crippen LogP contribution in [0.15, 0.2) is 18.3 Å². The number of carbonyl (C=O) groups is 2. The number of halogens is 1. The van der Waals surface area contributed by atoms with Gasteiger partial charge in [0.2, 0.25) is 5.95 Å². The van der Waals surface area contributed by atoms with Gasteiger partial charge in [-0.3, -0.25) is 4.79 Å². The van der Waals surface area contributed by atoms with E-state index in [1.54, 1.807) is 0 Å². The van der Waals surface area contributed by atoms with Gasteiger partial charge in [-0.05, 0) is 30.6 Å². The van der Waals surface area contributed by atoms with Crippen LogP contribution in [0.1, 0.15) is 16.8 Å². The second kappa shape index (κ2) is 6.95. The van der Waals surface area contributed by atoms with Crippen molar-refractivity contribution in [2.75, 3.05) is 12.0 Å². The fourth-order valence-electron chi connectivity index (χ4n) is 1.28. The number of amides is 1. The normalized spacial score (nSPS) is 11.9. The van der Waals surface area contributed by atoms with Crippen LogP contribution in [0.25, 0.3) is 0 Å². The van der Waals surface area contributed by atoms with Gasteiger partial charge in [-0.25, -0.2) is 9.78 Å². The number of hydrogen-bond donors (Lipinski definition) is 2. The maximum atomic E-state index is 13.2. The zero-order valence-electron chi connectivity index (χ0n) is 9.72. The van der Waals surface area contributed by atoms with Gasteiger partial charge in [0.1, 0.15) is 6.04 Å². The van der Waals surface area contributed by atoms with E-state index in [9.17, 15) is 14.0 Å². The van der Waals surface area contributed by atoms with E-state index in [-0.39, 0.29) is 12.0 Å². The van der Waals surface area contributed by atoms with Gasteiger partial charge in [0.25, 0.3) is 5.91 Å². The molecule has 1 aromatic rings. The molecular formula is C11H13FN2O3S. The average molecular weight is 272 g/mol. The highest BCUT2D eigenvalue weighted by Gasteiger charge is 2.21. The molecule has 0 aliphatic carbocycles. The van der Waals surface area contributed by atoms with E-state index in [0.717, 1.165) is 0 Å². The van der Waals surface area contributed by atoms with Crippen LogP contribution >= 0.6 is 11.8 Å². The van der Waals surface area contributed by atoms with Crippen molar-refractivity contribution in [2.24, 2.45) is 0 Å². The SMILES string of the molecule is CSCC[C@@H](NC(=O)c1cccnc1F)C(=O)O. The molecule has 2 N–H and O–H groups in total. The topological polar surface area (TPSA) is 79.3 Å². The minimum Gasteiger partial charge on any atom is -0.480 e. The van der Waals surface area contributed by atoms with Crippen LogP contribution in [-0.4, -0.2) is 40.0 Å². The van der Waals surface area contributed by atoms with Gasteiger partial charge in [-0.15, -0.1) is 0 Å². The maximum Gasteiger partial charge on any atom is 0.326 e. The molecular weight excluding hydrogens is 259 g/mol. The predicted molar refractivity (Wildman–Crippen MR) is 66.1 cm³/mol. The molecule has 0 bridgehead atoms. The molecule has 7 heteroatoms. The smallest absolute Gasteiger partial charge is 0.326 e. The third-order valence-corrected chi connectivity index (χ3v) is 2.86. The molecule has 0 saturated heterocycles. The predicted octanol–water partition coefficient (Wildman–Crippen LogP) is 1.16. The molecule has 1 rings (SSSR count). The molecule has 0 spiro atoms. The third-order valence-electron chi connectivity index (χ3n) is 2.22. The summed E-state index contributed by atoms with van der Waals surface area (Å²) in [5.74, 6) is -2.23. The lowest BCUT2D eigenvalue weighted by atomic mass is 10.2. The van der Waals surface area contributed by atoms with Crippen molar-refractivity contribution in [3.63, 3.8) is 0 Å². The van der Waals surface area contributed by atoms with E-state index < -0.39 is 23.9 Å². The highest BCUT2D eigenvalue weighted by molar-refractivity contribution is 7.98. The summed E-state index contributed by atoms with van der Waals surface area (Å²) in [7, 11) is 0. The van der Waals surface area contributed by atoms with Gasteiger partial charge < -0.3 is 10.4 Å². The molecule has 98 valence electrons. The Morgan fingerprint density at radius 3 is 2.89 bits per heavy atom. The number of carboxylic acid groups (broad SMARTS) is 1. The number of nitrogens with zero attached hydrogens (tertiary/aromatic N) is 1. The van der Waals surface area contributed by atoms with E-state index in [4.69, 9.17) is 5.11 Å². The molecule has 0 aromatic carbocycles. The molecule has 1 atom stereocenters. The number of carbonyl (C=O) groups excluding carboxylic acids is 1. The Balaban J connectivity index is 2.72. The van der Waals surface area contributed by atoms with Crippen LogP contribution < -0.4 is 5.32 Å². The number of aromatic nitrogens is 1. The highest BCUT2D eigenvalue weighted by Crippen LogP contribution is 2.06. The first kappa shape index (κ1) is 14.4. The monoisotopic (exact) mass is 272 g/mol. The minimum absolute atomic E-state index is 0.257. The van der Waals surface area contributed by atoms with Crippen molar-refractivity contribution in [1.82, 2.24) is 10.3 Å². The Kier molecular flexibility index (Phi) is 5.57. The molecule has 0 unspecified atom stereocenters. The first-order valence-electron chi connectivity index (χ1n) is 5.19. The van der Waals surface area contributed by atoms with Crippen molar-refractivity contribution < 1.29 is 19.1 Å².